The van der Waals surface area contributed by atoms with E-state index in [1.54, 1.807) is 30.3 Å². The van der Waals surface area contributed by atoms with E-state index in [4.69, 9.17) is 10.5 Å². The van der Waals surface area contributed by atoms with Gasteiger partial charge in [-0.1, -0.05) is 18.2 Å². The van der Waals surface area contributed by atoms with Gasteiger partial charge >= 0.3 is 0 Å². The second kappa shape index (κ2) is 4.82. The van der Waals surface area contributed by atoms with Crippen molar-refractivity contribution in [2.45, 2.75) is 4.90 Å². The molecule has 0 aliphatic carbocycles. The van der Waals surface area contributed by atoms with E-state index in [0.717, 1.165) is 0 Å². The van der Waals surface area contributed by atoms with Crippen molar-refractivity contribution in [2.24, 2.45) is 0 Å². The lowest BCUT2D eigenvalue weighted by atomic mass is 10.1. The number of sulfone groups is 1. The lowest BCUT2D eigenvalue weighted by Gasteiger charge is -2.09. The van der Waals surface area contributed by atoms with E-state index < -0.39 is 9.84 Å². The molecule has 2 aromatic rings. The van der Waals surface area contributed by atoms with Gasteiger partial charge in [0, 0.05) is 22.2 Å². The van der Waals surface area contributed by atoms with Crippen LogP contribution >= 0.6 is 0 Å². The molecule has 108 valence electrons. The van der Waals surface area contributed by atoms with Gasteiger partial charge in [0.2, 0.25) is 9.84 Å². The van der Waals surface area contributed by atoms with Crippen LogP contribution in [0.5, 0.6) is 11.5 Å². The van der Waals surface area contributed by atoms with Crippen LogP contribution in [0.2, 0.25) is 0 Å². The zero-order valence-electron chi connectivity index (χ0n) is 11.0. The number of fused-ring (bicyclic) bond motifs is 1. The summed E-state index contributed by atoms with van der Waals surface area (Å²) in [6, 6.07) is 11.3. The Bertz CT molecular complexity index is 841. The van der Waals surface area contributed by atoms with Crippen molar-refractivity contribution < 1.29 is 18.3 Å². The highest BCUT2D eigenvalue weighted by molar-refractivity contribution is 7.95. The molecule has 1 heterocycles. The van der Waals surface area contributed by atoms with E-state index in [0.29, 0.717) is 22.6 Å². The molecule has 1 aliphatic heterocycles. The Balaban J connectivity index is 1.90. The highest BCUT2D eigenvalue weighted by atomic mass is 32.2. The Morgan fingerprint density at radius 3 is 2.67 bits per heavy atom. The normalized spacial score (nSPS) is 15.3. The minimum atomic E-state index is -3.48. The van der Waals surface area contributed by atoms with Gasteiger partial charge in [0.05, 0.1) is 4.90 Å². The molecule has 0 saturated heterocycles. The summed E-state index contributed by atoms with van der Waals surface area (Å²) in [6.07, 6.45) is 0. The number of nitrogen functional groups attached to an aromatic ring is 1. The number of rotatable bonds is 3. The lowest BCUT2D eigenvalue weighted by molar-refractivity contribution is 0.341. The summed E-state index contributed by atoms with van der Waals surface area (Å²) in [6.45, 7) is 0.0493. The van der Waals surface area contributed by atoms with Crippen molar-refractivity contribution in [3.05, 3.63) is 53.4 Å². The SMILES string of the molecule is Nc1ccc2c(c1)S(=O)(=O)C=C2COc1ccccc1O. The molecule has 0 saturated carbocycles. The van der Waals surface area contributed by atoms with Gasteiger partial charge in [-0.2, -0.15) is 0 Å². The minimum Gasteiger partial charge on any atom is -0.504 e. The van der Waals surface area contributed by atoms with Gasteiger partial charge in [0.1, 0.15) is 6.61 Å². The average molecular weight is 303 g/mol. The first kappa shape index (κ1) is 13.5. The third kappa shape index (κ3) is 2.45. The lowest BCUT2D eigenvalue weighted by Crippen LogP contribution is -2.00. The zero-order valence-corrected chi connectivity index (χ0v) is 11.8. The van der Waals surface area contributed by atoms with Crippen molar-refractivity contribution in [1.82, 2.24) is 0 Å². The third-order valence-electron chi connectivity index (χ3n) is 3.20. The fraction of sp³-hybridized carbons (Fsp3) is 0.0667. The molecule has 6 heteroatoms. The fourth-order valence-electron chi connectivity index (χ4n) is 2.20. The quantitative estimate of drug-likeness (QED) is 0.848. The second-order valence-electron chi connectivity index (χ2n) is 4.70. The van der Waals surface area contributed by atoms with Crippen LogP contribution in [0.4, 0.5) is 5.69 Å². The van der Waals surface area contributed by atoms with Crippen molar-refractivity contribution in [2.75, 3.05) is 12.3 Å². The van der Waals surface area contributed by atoms with Gasteiger partial charge in [-0.3, -0.25) is 0 Å². The smallest absolute Gasteiger partial charge is 0.200 e. The molecular formula is C15H13NO4S. The predicted octanol–water partition coefficient (Wildman–Crippen LogP) is 2.18. The molecule has 21 heavy (non-hydrogen) atoms. The van der Waals surface area contributed by atoms with Gasteiger partial charge in [-0.25, -0.2) is 8.42 Å². The van der Waals surface area contributed by atoms with E-state index in [1.165, 1.54) is 17.5 Å². The summed E-state index contributed by atoms with van der Waals surface area (Å²) in [4.78, 5) is 0.193. The molecule has 1 aliphatic rings. The number of hydrogen-bond donors (Lipinski definition) is 2. The van der Waals surface area contributed by atoms with Crippen LogP contribution in [0.1, 0.15) is 5.56 Å². The van der Waals surface area contributed by atoms with Gasteiger partial charge in [0.25, 0.3) is 0 Å². The van der Waals surface area contributed by atoms with Gasteiger partial charge in [-0.15, -0.1) is 0 Å². The van der Waals surface area contributed by atoms with Crippen molar-refractivity contribution in [3.63, 3.8) is 0 Å². The van der Waals surface area contributed by atoms with Crippen LogP contribution < -0.4 is 10.5 Å². The topological polar surface area (TPSA) is 89.6 Å². The maximum atomic E-state index is 12.1. The molecular weight excluding hydrogens is 290 g/mol. The Hall–Kier alpha value is -2.47. The summed E-state index contributed by atoms with van der Waals surface area (Å²) in [5.74, 6) is 0.316. The first-order valence-electron chi connectivity index (χ1n) is 6.24. The number of nitrogens with two attached hydrogens (primary N) is 1. The molecule has 5 nitrogen and oxygen atoms in total. The number of hydrogen-bond acceptors (Lipinski definition) is 5. The van der Waals surface area contributed by atoms with E-state index >= 15 is 0 Å². The number of para-hydroxylation sites is 2. The van der Waals surface area contributed by atoms with Crippen LogP contribution in [-0.2, 0) is 9.84 Å². The molecule has 0 bridgehead atoms. The fourth-order valence-corrected chi connectivity index (χ4v) is 3.70. The zero-order chi connectivity index (χ0) is 15.0. The molecule has 2 aromatic carbocycles. The number of phenolic OH excluding ortho intramolecular Hbond substituents is 1. The number of phenols is 1. The largest absolute Gasteiger partial charge is 0.504 e. The maximum Gasteiger partial charge on any atom is 0.200 e. The van der Waals surface area contributed by atoms with Gasteiger partial charge in [-0.05, 0) is 24.3 Å². The standard InChI is InChI=1S/C15H13NO4S/c16-11-5-6-12-10(9-21(18,19)15(12)7-11)8-20-14-4-2-1-3-13(14)17/h1-7,9,17H,8,16H2. The third-order valence-corrected chi connectivity index (χ3v) is 4.75. The molecule has 0 spiro atoms. The molecule has 0 amide bonds. The second-order valence-corrected chi connectivity index (χ2v) is 6.47. The van der Waals surface area contributed by atoms with Crippen LogP contribution in [0.3, 0.4) is 0 Å². The Morgan fingerprint density at radius 2 is 1.90 bits per heavy atom. The highest BCUT2D eigenvalue weighted by Crippen LogP contribution is 2.35. The molecule has 3 rings (SSSR count). The molecule has 0 unspecified atom stereocenters. The predicted molar refractivity (Wildman–Crippen MR) is 79.6 cm³/mol. The monoisotopic (exact) mass is 303 g/mol. The number of ether oxygens (including phenoxy) is 1. The van der Waals surface area contributed by atoms with E-state index in [2.05, 4.69) is 0 Å². The van der Waals surface area contributed by atoms with Crippen LogP contribution in [0.15, 0.2) is 52.8 Å². The van der Waals surface area contributed by atoms with E-state index in [-0.39, 0.29) is 17.3 Å². The van der Waals surface area contributed by atoms with Crippen molar-refractivity contribution in [3.8, 4) is 11.5 Å². The van der Waals surface area contributed by atoms with E-state index in [1.807, 2.05) is 0 Å². The van der Waals surface area contributed by atoms with Crippen molar-refractivity contribution >= 4 is 21.1 Å². The van der Waals surface area contributed by atoms with Crippen LogP contribution in [-0.4, -0.2) is 20.1 Å². The summed E-state index contributed by atoms with van der Waals surface area (Å²) in [7, 11) is -3.48. The number of aromatic hydroxyl groups is 1. The minimum absolute atomic E-state index is 0.0106. The Kier molecular flexibility index (Phi) is 3.10. The van der Waals surface area contributed by atoms with Crippen LogP contribution in [0, 0.1) is 0 Å². The Labute approximate surface area is 122 Å². The summed E-state index contributed by atoms with van der Waals surface area (Å²) in [5.41, 5.74) is 7.15. The van der Waals surface area contributed by atoms with Crippen molar-refractivity contribution in [1.29, 1.82) is 0 Å². The Morgan fingerprint density at radius 1 is 1.14 bits per heavy atom. The van der Waals surface area contributed by atoms with Gasteiger partial charge in [0.15, 0.2) is 11.5 Å². The molecule has 0 fully saturated rings. The summed E-state index contributed by atoms with van der Waals surface area (Å²) >= 11 is 0. The van der Waals surface area contributed by atoms with E-state index in [9.17, 15) is 13.5 Å². The molecule has 0 radical (unpaired) electrons. The highest BCUT2D eigenvalue weighted by Gasteiger charge is 2.27. The maximum absolute atomic E-state index is 12.1. The molecule has 0 atom stereocenters. The summed E-state index contributed by atoms with van der Waals surface area (Å²) in [5, 5.41) is 10.8. The van der Waals surface area contributed by atoms with Crippen LogP contribution in [0.25, 0.3) is 5.57 Å². The number of anilines is 1. The number of benzene rings is 2. The molecule has 0 aromatic heterocycles. The average Bonchev–Trinajstić information content (AvgIpc) is 2.69. The first-order valence-corrected chi connectivity index (χ1v) is 7.78. The summed E-state index contributed by atoms with van der Waals surface area (Å²) < 4.78 is 29.6. The first-order chi connectivity index (χ1) is 9.97. The molecule has 3 N–H and O–H groups in total. The van der Waals surface area contributed by atoms with Gasteiger partial charge < -0.3 is 15.6 Å².